The smallest absolute Gasteiger partial charge is 0.414 e. The Hall–Kier alpha value is -2.57. The highest BCUT2D eigenvalue weighted by molar-refractivity contribution is 7.44. The van der Waals surface area contributed by atoms with Gasteiger partial charge in [-0.05, 0) is 51.7 Å². The molecular formula is C35H48F17N4O6PSi. The number of rotatable bonds is 23. The van der Waals surface area contributed by atoms with Crippen molar-refractivity contribution in [3.8, 4) is 6.07 Å². The lowest BCUT2D eigenvalue weighted by Crippen LogP contribution is -2.74. The lowest BCUT2D eigenvalue weighted by molar-refractivity contribution is -0.461. The van der Waals surface area contributed by atoms with Crippen molar-refractivity contribution >= 4 is 16.8 Å². The summed E-state index contributed by atoms with van der Waals surface area (Å²) in [6.45, 7) is 12.7. The molecule has 2 heterocycles. The Morgan fingerprint density at radius 1 is 0.812 bits per heavy atom. The van der Waals surface area contributed by atoms with E-state index < -0.39 is 124 Å². The molecule has 2 rings (SSSR count). The van der Waals surface area contributed by atoms with E-state index in [2.05, 4.69) is 4.98 Å². The highest BCUT2D eigenvalue weighted by atomic mass is 31.2. The maximum Gasteiger partial charge on any atom is 0.460 e. The van der Waals surface area contributed by atoms with Crippen molar-refractivity contribution in [1.29, 1.82) is 5.26 Å². The normalized spacial score (nSPS) is 19.8. The minimum absolute atomic E-state index is 0.0389. The second-order valence-corrected chi connectivity index (χ2v) is 22.7. The largest absolute Gasteiger partial charge is 0.460 e. The Kier molecular flexibility index (Phi) is 17.9. The van der Waals surface area contributed by atoms with Crippen LogP contribution >= 0.6 is 8.53 Å². The lowest BCUT2D eigenvalue weighted by atomic mass is 9.88. The number of halogens is 17. The molecule has 1 unspecified atom stereocenters. The second-order valence-electron chi connectivity index (χ2n) is 16.3. The van der Waals surface area contributed by atoms with Crippen molar-refractivity contribution in [3.05, 3.63) is 32.6 Å². The number of ether oxygens (including phenoxy) is 1. The molecule has 0 aliphatic carbocycles. The summed E-state index contributed by atoms with van der Waals surface area (Å²) in [4.78, 5) is 27.0. The SMILES string of the molecule is Cc1cn([C@H]2C[C@H](OP(OCCC#N)N(C(C)C)C(C)C)[C@@H](CO[Si](CCC(F)(F)C(F)(F)C(F)(F)C(F)(F)C(F)(F)C(F)(F)C(F)(F)C(F)(F)F)(C(C)C)C(C)C)O2)c(=O)[nH]c1=O. The molecule has 0 amide bonds. The number of aromatic nitrogens is 2. The van der Waals surface area contributed by atoms with E-state index in [1.54, 1.807) is 32.4 Å². The number of aromatic amines is 1. The fraction of sp³-hybridized carbons (Fsp3) is 0.857. The number of hydrogen-bond acceptors (Lipinski definition) is 8. The monoisotopic (exact) mass is 1000 g/mol. The van der Waals surface area contributed by atoms with E-state index in [-0.39, 0.29) is 37.1 Å². The molecule has 29 heteroatoms. The number of H-pyrrole nitrogens is 1. The van der Waals surface area contributed by atoms with Gasteiger partial charge in [-0.2, -0.15) is 79.9 Å². The van der Waals surface area contributed by atoms with E-state index in [0.29, 0.717) is 0 Å². The van der Waals surface area contributed by atoms with Crippen LogP contribution in [0.2, 0.25) is 17.1 Å². The van der Waals surface area contributed by atoms with Gasteiger partial charge in [-0.1, -0.05) is 27.7 Å². The zero-order valence-electron chi connectivity index (χ0n) is 35.5. The summed E-state index contributed by atoms with van der Waals surface area (Å²) in [7, 11) is -6.37. The molecule has 1 fully saturated rings. The van der Waals surface area contributed by atoms with E-state index in [9.17, 15) is 75.4 Å². The van der Waals surface area contributed by atoms with Crippen LogP contribution in [0.4, 0.5) is 74.6 Å². The number of nitriles is 1. The lowest BCUT2D eigenvalue weighted by Gasteiger charge is -2.44. The topological polar surface area (TPSA) is 119 Å². The van der Waals surface area contributed by atoms with Crippen LogP contribution in [0.5, 0.6) is 0 Å². The first-order valence-corrected chi connectivity index (χ1v) is 22.7. The van der Waals surface area contributed by atoms with Crippen LogP contribution in [0.1, 0.15) is 86.4 Å². The molecule has 0 radical (unpaired) electrons. The molecule has 0 aromatic carbocycles. The Labute approximate surface area is 357 Å². The van der Waals surface area contributed by atoms with E-state index in [4.69, 9.17) is 23.5 Å². The fourth-order valence-corrected chi connectivity index (χ4v) is 13.2. The van der Waals surface area contributed by atoms with Crippen LogP contribution in [0.15, 0.2) is 15.8 Å². The quantitative estimate of drug-likeness (QED) is 0.0498. The third-order valence-electron chi connectivity index (χ3n) is 10.6. The number of aryl methyl sites for hydroxylation is 1. The first-order valence-electron chi connectivity index (χ1n) is 19.3. The minimum atomic E-state index is -8.74. The van der Waals surface area contributed by atoms with E-state index in [0.717, 1.165) is 10.8 Å². The first kappa shape index (κ1) is 57.6. The van der Waals surface area contributed by atoms with Crippen molar-refractivity contribution in [2.75, 3.05) is 13.2 Å². The fourth-order valence-electron chi connectivity index (χ4n) is 6.93. The third-order valence-corrected chi connectivity index (χ3v) is 18.4. The van der Waals surface area contributed by atoms with Crippen LogP contribution in [0, 0.1) is 18.3 Å². The van der Waals surface area contributed by atoms with Crippen molar-refractivity contribution in [2.24, 2.45) is 0 Å². The average molecular weight is 1000 g/mol. The van der Waals surface area contributed by atoms with Gasteiger partial charge in [0.15, 0.2) is 8.32 Å². The van der Waals surface area contributed by atoms with Crippen molar-refractivity contribution < 1.29 is 92.8 Å². The summed E-state index contributed by atoms with van der Waals surface area (Å²) in [5.41, 5.74) is -3.69. The molecule has 10 nitrogen and oxygen atoms in total. The number of nitrogens with zero attached hydrogens (tertiary/aromatic N) is 3. The van der Waals surface area contributed by atoms with Gasteiger partial charge in [0, 0.05) is 36.7 Å². The van der Waals surface area contributed by atoms with Crippen LogP contribution < -0.4 is 11.2 Å². The van der Waals surface area contributed by atoms with Gasteiger partial charge >= 0.3 is 53.3 Å². The predicted octanol–water partition coefficient (Wildman–Crippen LogP) is 11.0. The van der Waals surface area contributed by atoms with Crippen molar-refractivity contribution in [1.82, 2.24) is 14.2 Å². The summed E-state index contributed by atoms with van der Waals surface area (Å²) < 4.78 is 266. The Morgan fingerprint density at radius 3 is 1.72 bits per heavy atom. The standard InChI is InChI=1S/C35H48F17N4O6PSi/c1-18(2)56(19(3)4)63(59-13-10-12-53)62-23-15-25(55-16-22(9)26(57)54-27(55)58)61-24(23)17-60-64(20(5)6,21(7)8)14-11-28(36,37)29(38,39)30(40,41)31(42,43)32(44,45)33(46,47)34(48,49)35(50,51)52/h16,18-21,23-25H,10-11,13-15,17H2,1-9H3,(H,54,57,58)/t23-,24+,25+,63?/m0/s1. The van der Waals surface area contributed by atoms with Crippen LogP contribution in [-0.2, 0) is 18.2 Å². The molecular weight excluding hydrogens is 954 g/mol. The number of nitrogens with one attached hydrogen (secondary N) is 1. The first-order chi connectivity index (χ1) is 28.7. The Bertz CT molecular complexity index is 1880. The second kappa shape index (κ2) is 19.9. The van der Waals surface area contributed by atoms with E-state index in [1.807, 2.05) is 6.07 Å². The van der Waals surface area contributed by atoms with Gasteiger partial charge in [0.25, 0.3) is 14.1 Å². The number of alkyl halides is 17. The van der Waals surface area contributed by atoms with Crippen molar-refractivity contribution in [2.45, 2.75) is 177 Å². The Morgan fingerprint density at radius 2 is 1.28 bits per heavy atom. The molecule has 64 heavy (non-hydrogen) atoms. The van der Waals surface area contributed by atoms with E-state index in [1.165, 1.54) is 34.6 Å². The van der Waals surface area contributed by atoms with Gasteiger partial charge in [0.05, 0.1) is 31.8 Å². The summed E-state index contributed by atoms with van der Waals surface area (Å²) in [5, 5.41) is 9.11. The maximum atomic E-state index is 15.3. The van der Waals surface area contributed by atoms with Gasteiger partial charge in [0.1, 0.15) is 12.3 Å². The molecule has 1 aliphatic rings. The highest BCUT2D eigenvalue weighted by Crippen LogP contribution is 2.64. The molecule has 372 valence electrons. The predicted molar refractivity (Wildman–Crippen MR) is 197 cm³/mol. The van der Waals surface area contributed by atoms with Gasteiger partial charge in [-0.15, -0.1) is 0 Å². The molecule has 0 saturated carbocycles. The number of hydrogen-bond donors (Lipinski definition) is 1. The van der Waals surface area contributed by atoms with Gasteiger partial charge in [0.2, 0.25) is 0 Å². The molecule has 0 spiro atoms. The van der Waals surface area contributed by atoms with Crippen molar-refractivity contribution in [3.63, 3.8) is 0 Å². The molecule has 1 saturated heterocycles. The minimum Gasteiger partial charge on any atom is -0.414 e. The summed E-state index contributed by atoms with van der Waals surface area (Å²) >= 11 is 0. The average Bonchev–Trinajstić information content (AvgIpc) is 3.53. The summed E-state index contributed by atoms with van der Waals surface area (Å²) in [6.07, 6.45) is -13.5. The molecule has 1 aliphatic heterocycles. The molecule has 1 aromatic heterocycles. The van der Waals surface area contributed by atoms with Crippen LogP contribution in [0.3, 0.4) is 0 Å². The molecule has 1 N–H and O–H groups in total. The van der Waals surface area contributed by atoms with Gasteiger partial charge in [-0.3, -0.25) is 14.3 Å². The summed E-state index contributed by atoms with van der Waals surface area (Å²) in [5.74, 6) is -57.2. The molecule has 1 aromatic rings. The van der Waals surface area contributed by atoms with E-state index >= 15 is 8.78 Å². The van der Waals surface area contributed by atoms with Gasteiger partial charge < -0.3 is 18.2 Å². The summed E-state index contributed by atoms with van der Waals surface area (Å²) in [6, 6.07) is -0.0839. The Balaban J connectivity index is 2.63. The highest BCUT2D eigenvalue weighted by Gasteiger charge is 2.95. The zero-order chi connectivity index (χ0) is 50.2. The van der Waals surface area contributed by atoms with Crippen LogP contribution in [-0.4, -0.2) is 108 Å². The zero-order valence-corrected chi connectivity index (χ0v) is 37.4. The maximum absolute atomic E-state index is 15.3. The van der Waals surface area contributed by atoms with Gasteiger partial charge in [-0.25, -0.2) is 9.46 Å². The van der Waals surface area contributed by atoms with Crippen LogP contribution in [0.25, 0.3) is 0 Å². The molecule has 4 atom stereocenters. The third kappa shape index (κ3) is 10.6. The molecule has 0 bridgehead atoms.